The smallest absolute Gasteiger partial charge is 0.123 e. The molecule has 0 spiro atoms. The van der Waals surface area contributed by atoms with Gasteiger partial charge in [-0.2, -0.15) is 0 Å². The van der Waals surface area contributed by atoms with Gasteiger partial charge in [-0.1, -0.05) is 6.08 Å². The molecule has 8 nitrogen and oxygen atoms in total. The fraction of sp³-hybridized carbons (Fsp3) is 0.265. The van der Waals surface area contributed by atoms with E-state index in [1.165, 1.54) is 12.1 Å². The first kappa shape index (κ1) is 29.9. The zero-order valence-corrected chi connectivity index (χ0v) is 24.2. The van der Waals surface area contributed by atoms with Crippen molar-refractivity contribution in [1.82, 2.24) is 20.5 Å². The lowest BCUT2D eigenvalue weighted by Crippen LogP contribution is -2.43. The minimum Gasteiger partial charge on any atom is -0.494 e. The fourth-order valence-electron chi connectivity index (χ4n) is 5.27. The van der Waals surface area contributed by atoms with Gasteiger partial charge in [0.25, 0.3) is 0 Å². The summed E-state index contributed by atoms with van der Waals surface area (Å²) in [5, 5.41) is 23.5. The standard InChI is InChI=1S/C34H38FN7O/c35-28-7-3-26(4-8-28)33(36)32(25-12-16-39-17-13-25)31-11-2-24(23-41-31)22-40-29-14-19-42(20-15-29)18-1-21-43-30-9-5-27(6-10-30)34(37)38/h2-13,16-17,23,29,36,40-41H,1,14-15,18-22H2,(H3,37,38)/b32-31-,36-33?. The number of hydrogen-bond acceptors (Lipinski definition) is 7. The molecule has 43 heavy (non-hydrogen) atoms. The summed E-state index contributed by atoms with van der Waals surface area (Å²) < 4.78 is 19.3. The summed E-state index contributed by atoms with van der Waals surface area (Å²) in [6.45, 7) is 4.56. The normalized spacial score (nSPS) is 16.7. The molecular formula is C34H38FN7O. The SMILES string of the molecule is N=C(N)c1ccc(OCCCN2CCC(NCC3=CN/C(=C(\C(=N)c4ccc(F)cc4)c4ccncc4)C=C3)CC2)cc1. The number of dihydropyridines is 1. The van der Waals surface area contributed by atoms with Crippen molar-refractivity contribution in [2.45, 2.75) is 25.3 Å². The van der Waals surface area contributed by atoms with E-state index in [0.717, 1.165) is 73.6 Å². The average Bonchev–Trinajstić information content (AvgIpc) is 3.04. The lowest BCUT2D eigenvalue weighted by Gasteiger charge is -2.32. The van der Waals surface area contributed by atoms with Gasteiger partial charge in [0.2, 0.25) is 0 Å². The highest BCUT2D eigenvalue weighted by atomic mass is 19.1. The van der Waals surface area contributed by atoms with Crippen LogP contribution >= 0.6 is 0 Å². The summed E-state index contributed by atoms with van der Waals surface area (Å²) in [5.74, 6) is 0.541. The summed E-state index contributed by atoms with van der Waals surface area (Å²) in [7, 11) is 0. The Morgan fingerprint density at radius 2 is 1.65 bits per heavy atom. The summed E-state index contributed by atoms with van der Waals surface area (Å²) in [5.41, 5.74) is 10.7. The van der Waals surface area contributed by atoms with Crippen LogP contribution in [0.15, 0.2) is 103 Å². The Labute approximate surface area is 252 Å². The molecule has 3 aromatic rings. The van der Waals surface area contributed by atoms with Crippen LogP contribution in [0, 0.1) is 16.6 Å². The van der Waals surface area contributed by atoms with E-state index in [0.29, 0.717) is 29.5 Å². The Balaban J connectivity index is 1.07. The van der Waals surface area contributed by atoms with Crippen LogP contribution in [0.2, 0.25) is 0 Å². The predicted molar refractivity (Wildman–Crippen MR) is 170 cm³/mol. The van der Waals surface area contributed by atoms with E-state index in [1.54, 1.807) is 24.5 Å². The largest absolute Gasteiger partial charge is 0.494 e. The number of likely N-dealkylation sites (tertiary alicyclic amines) is 1. The fourth-order valence-corrected chi connectivity index (χ4v) is 5.27. The second-order valence-corrected chi connectivity index (χ2v) is 10.7. The highest BCUT2D eigenvalue weighted by Crippen LogP contribution is 2.25. The Bertz CT molecular complexity index is 1490. The molecule has 0 unspecified atom stereocenters. The highest BCUT2D eigenvalue weighted by molar-refractivity contribution is 6.31. The number of piperidine rings is 1. The van der Waals surface area contributed by atoms with Crippen LogP contribution in [0.1, 0.15) is 36.0 Å². The van der Waals surface area contributed by atoms with Crippen molar-refractivity contribution in [3.05, 3.63) is 125 Å². The van der Waals surface area contributed by atoms with E-state index in [1.807, 2.05) is 48.7 Å². The van der Waals surface area contributed by atoms with Gasteiger partial charge in [-0.25, -0.2) is 4.39 Å². The number of pyridine rings is 1. The van der Waals surface area contributed by atoms with Crippen LogP contribution in [0.25, 0.3) is 5.57 Å². The van der Waals surface area contributed by atoms with Gasteiger partial charge in [-0.15, -0.1) is 0 Å². The molecule has 0 bridgehead atoms. The number of hydrogen-bond donors (Lipinski definition) is 5. The zero-order valence-electron chi connectivity index (χ0n) is 24.2. The van der Waals surface area contributed by atoms with Gasteiger partial charge < -0.3 is 26.0 Å². The van der Waals surface area contributed by atoms with E-state index in [2.05, 4.69) is 26.6 Å². The van der Waals surface area contributed by atoms with Crippen molar-refractivity contribution in [2.24, 2.45) is 5.73 Å². The van der Waals surface area contributed by atoms with Gasteiger partial charge >= 0.3 is 0 Å². The van der Waals surface area contributed by atoms with Crippen LogP contribution in [-0.2, 0) is 0 Å². The molecule has 0 atom stereocenters. The molecule has 1 aromatic heterocycles. The molecule has 2 aromatic carbocycles. The van der Waals surface area contributed by atoms with Crippen molar-refractivity contribution < 1.29 is 9.13 Å². The number of nitrogens with two attached hydrogens (primary N) is 1. The molecule has 1 saturated heterocycles. The lowest BCUT2D eigenvalue weighted by atomic mass is 9.93. The number of rotatable bonds is 12. The van der Waals surface area contributed by atoms with E-state index in [4.69, 9.17) is 21.3 Å². The molecule has 0 aliphatic carbocycles. The molecule has 0 amide bonds. The zero-order chi connectivity index (χ0) is 30.0. The Morgan fingerprint density at radius 3 is 2.30 bits per heavy atom. The number of nitrogens with zero attached hydrogens (tertiary/aromatic N) is 2. The number of ether oxygens (including phenoxy) is 1. The van der Waals surface area contributed by atoms with E-state index in [-0.39, 0.29) is 11.7 Å². The molecule has 222 valence electrons. The monoisotopic (exact) mass is 579 g/mol. The molecule has 6 N–H and O–H groups in total. The Kier molecular flexibility index (Phi) is 10.1. The molecule has 1 fully saturated rings. The number of amidine groups is 1. The number of halogens is 1. The van der Waals surface area contributed by atoms with Crippen LogP contribution in [-0.4, -0.2) is 60.3 Å². The maximum Gasteiger partial charge on any atom is 0.123 e. The van der Waals surface area contributed by atoms with Crippen molar-refractivity contribution in [3.63, 3.8) is 0 Å². The van der Waals surface area contributed by atoms with E-state index >= 15 is 0 Å². The first-order chi connectivity index (χ1) is 21.0. The van der Waals surface area contributed by atoms with Gasteiger partial charge in [0.15, 0.2) is 0 Å². The summed E-state index contributed by atoms with van der Waals surface area (Å²) >= 11 is 0. The molecule has 0 saturated carbocycles. The van der Waals surface area contributed by atoms with Crippen molar-refractivity contribution >= 4 is 17.1 Å². The molecule has 2 aliphatic rings. The molecule has 2 aliphatic heterocycles. The number of nitrogens with one attached hydrogen (secondary N) is 4. The van der Waals surface area contributed by atoms with Crippen LogP contribution in [0.5, 0.6) is 5.75 Å². The second-order valence-electron chi connectivity index (χ2n) is 10.7. The van der Waals surface area contributed by atoms with Gasteiger partial charge in [-0.3, -0.25) is 15.8 Å². The summed E-state index contributed by atoms with van der Waals surface area (Å²) in [6.07, 6.45) is 12.7. The summed E-state index contributed by atoms with van der Waals surface area (Å²) in [6, 6.07) is 17.6. The number of benzene rings is 2. The molecule has 3 heterocycles. The van der Waals surface area contributed by atoms with Crippen LogP contribution in [0.3, 0.4) is 0 Å². The Hall–Kier alpha value is -4.60. The second kappa shape index (κ2) is 14.5. The third-order valence-corrected chi connectivity index (χ3v) is 7.73. The van der Waals surface area contributed by atoms with Gasteiger partial charge in [0.05, 0.1) is 12.3 Å². The van der Waals surface area contributed by atoms with Crippen LogP contribution in [0.4, 0.5) is 4.39 Å². The maximum absolute atomic E-state index is 13.5. The molecule has 5 rings (SSSR count). The van der Waals surface area contributed by atoms with Crippen molar-refractivity contribution in [1.29, 1.82) is 10.8 Å². The first-order valence-electron chi connectivity index (χ1n) is 14.6. The van der Waals surface area contributed by atoms with Crippen LogP contribution < -0.4 is 21.1 Å². The number of aromatic nitrogens is 1. The number of nitrogen functional groups attached to an aromatic ring is 1. The summed E-state index contributed by atoms with van der Waals surface area (Å²) in [4.78, 5) is 6.62. The van der Waals surface area contributed by atoms with Gasteiger partial charge in [0, 0.05) is 60.1 Å². The van der Waals surface area contributed by atoms with Crippen molar-refractivity contribution in [3.8, 4) is 5.75 Å². The molecular weight excluding hydrogens is 541 g/mol. The molecule has 0 radical (unpaired) electrons. The average molecular weight is 580 g/mol. The van der Waals surface area contributed by atoms with Crippen molar-refractivity contribution in [2.75, 3.05) is 32.8 Å². The highest BCUT2D eigenvalue weighted by Gasteiger charge is 2.20. The van der Waals surface area contributed by atoms with Gasteiger partial charge in [-0.05, 0) is 110 Å². The minimum absolute atomic E-state index is 0.0621. The third-order valence-electron chi connectivity index (χ3n) is 7.73. The lowest BCUT2D eigenvalue weighted by molar-refractivity contribution is 0.183. The first-order valence-corrected chi connectivity index (χ1v) is 14.6. The van der Waals surface area contributed by atoms with Gasteiger partial charge in [0.1, 0.15) is 17.4 Å². The Morgan fingerprint density at radius 1 is 0.953 bits per heavy atom. The third kappa shape index (κ3) is 8.24. The quantitative estimate of drug-likeness (QED) is 0.119. The maximum atomic E-state index is 13.5. The minimum atomic E-state index is -0.323. The predicted octanol–water partition coefficient (Wildman–Crippen LogP) is 4.85. The van der Waals surface area contributed by atoms with E-state index < -0.39 is 0 Å². The molecule has 9 heteroatoms. The van der Waals surface area contributed by atoms with E-state index in [9.17, 15) is 4.39 Å². The topological polar surface area (TPSA) is 123 Å². The number of allylic oxidation sites excluding steroid dienone is 2.